The van der Waals surface area contributed by atoms with E-state index in [1.165, 1.54) is 12.1 Å². The highest BCUT2D eigenvalue weighted by molar-refractivity contribution is 5.78. The van der Waals surface area contributed by atoms with Crippen molar-refractivity contribution >= 4 is 5.91 Å². The third-order valence-electron chi connectivity index (χ3n) is 3.37. The Morgan fingerprint density at radius 2 is 2.17 bits per heavy atom. The first-order chi connectivity index (χ1) is 8.69. The Morgan fingerprint density at radius 1 is 1.44 bits per heavy atom. The number of carbonyl (C=O) groups is 1. The van der Waals surface area contributed by atoms with Crippen LogP contribution >= 0.6 is 0 Å². The van der Waals surface area contributed by atoms with Crippen molar-refractivity contribution in [1.29, 1.82) is 0 Å². The molecule has 0 spiro atoms. The monoisotopic (exact) mass is 251 g/mol. The van der Waals surface area contributed by atoms with Gasteiger partial charge in [-0.3, -0.25) is 4.79 Å². The lowest BCUT2D eigenvalue weighted by molar-refractivity contribution is -0.132. The quantitative estimate of drug-likeness (QED) is 0.822. The second kappa shape index (κ2) is 5.96. The number of halogens is 1. The molecular formula is C14H18FNO2. The molecule has 4 heteroatoms. The fourth-order valence-electron chi connectivity index (χ4n) is 2.27. The van der Waals surface area contributed by atoms with Crippen LogP contribution in [-0.2, 0) is 16.0 Å². The van der Waals surface area contributed by atoms with E-state index in [9.17, 15) is 9.18 Å². The van der Waals surface area contributed by atoms with Crippen LogP contribution in [0.5, 0.6) is 0 Å². The minimum Gasteiger partial charge on any atom is -0.381 e. The molecule has 1 aromatic carbocycles. The smallest absolute Gasteiger partial charge is 0.226 e. The maximum atomic E-state index is 13.0. The SMILES string of the molecule is COC1CCN(C(=O)Cc2cccc(F)c2)CC1. The van der Waals surface area contributed by atoms with Crippen LogP contribution in [0.1, 0.15) is 18.4 Å². The number of methoxy groups -OCH3 is 1. The Hall–Kier alpha value is -1.42. The molecule has 3 nitrogen and oxygen atoms in total. The molecule has 18 heavy (non-hydrogen) atoms. The number of carbonyl (C=O) groups excluding carboxylic acids is 1. The van der Waals surface area contributed by atoms with Crippen molar-refractivity contribution in [3.8, 4) is 0 Å². The molecule has 1 fully saturated rings. The molecule has 0 atom stereocenters. The first kappa shape index (κ1) is 13.0. The van der Waals surface area contributed by atoms with Crippen LogP contribution in [0.25, 0.3) is 0 Å². The standard InChI is InChI=1S/C14H18FNO2/c1-18-13-5-7-16(8-6-13)14(17)10-11-3-2-4-12(15)9-11/h2-4,9,13H,5-8,10H2,1H3. The van der Waals surface area contributed by atoms with E-state index in [-0.39, 0.29) is 24.2 Å². The number of ether oxygens (including phenoxy) is 1. The molecule has 1 aliphatic heterocycles. The van der Waals surface area contributed by atoms with E-state index in [0.717, 1.165) is 31.5 Å². The Kier molecular flexibility index (Phi) is 4.31. The van der Waals surface area contributed by atoms with Gasteiger partial charge >= 0.3 is 0 Å². The highest BCUT2D eigenvalue weighted by atomic mass is 19.1. The van der Waals surface area contributed by atoms with Crippen molar-refractivity contribution in [2.75, 3.05) is 20.2 Å². The van der Waals surface area contributed by atoms with Crippen LogP contribution in [0.4, 0.5) is 4.39 Å². The summed E-state index contributed by atoms with van der Waals surface area (Å²) in [6, 6.07) is 6.22. The molecular weight excluding hydrogens is 233 g/mol. The van der Waals surface area contributed by atoms with Gasteiger partial charge in [-0.25, -0.2) is 4.39 Å². The van der Waals surface area contributed by atoms with Crippen molar-refractivity contribution in [2.24, 2.45) is 0 Å². The van der Waals surface area contributed by atoms with E-state index in [0.29, 0.717) is 0 Å². The topological polar surface area (TPSA) is 29.5 Å². The van der Waals surface area contributed by atoms with Crippen LogP contribution < -0.4 is 0 Å². The molecule has 0 aliphatic carbocycles. The molecule has 1 aromatic rings. The number of benzene rings is 1. The Bertz CT molecular complexity index is 414. The van der Waals surface area contributed by atoms with Gasteiger partial charge in [0.05, 0.1) is 12.5 Å². The number of hydrogen-bond acceptors (Lipinski definition) is 2. The van der Waals surface area contributed by atoms with Crippen molar-refractivity contribution in [3.63, 3.8) is 0 Å². The number of likely N-dealkylation sites (tertiary alicyclic amines) is 1. The van der Waals surface area contributed by atoms with Gasteiger partial charge in [0, 0.05) is 20.2 Å². The van der Waals surface area contributed by atoms with Crippen LogP contribution in [-0.4, -0.2) is 37.1 Å². The number of hydrogen-bond donors (Lipinski definition) is 0. The average Bonchev–Trinajstić information content (AvgIpc) is 2.39. The van der Waals surface area contributed by atoms with E-state index < -0.39 is 0 Å². The van der Waals surface area contributed by atoms with Gasteiger partial charge in [-0.1, -0.05) is 12.1 Å². The molecule has 0 N–H and O–H groups in total. The highest BCUT2D eigenvalue weighted by Gasteiger charge is 2.22. The number of rotatable bonds is 3. The lowest BCUT2D eigenvalue weighted by Gasteiger charge is -2.31. The lowest BCUT2D eigenvalue weighted by Crippen LogP contribution is -2.41. The first-order valence-corrected chi connectivity index (χ1v) is 6.24. The fourth-order valence-corrected chi connectivity index (χ4v) is 2.27. The second-order valence-electron chi connectivity index (χ2n) is 4.62. The third-order valence-corrected chi connectivity index (χ3v) is 3.37. The zero-order valence-electron chi connectivity index (χ0n) is 10.6. The number of amides is 1. The summed E-state index contributed by atoms with van der Waals surface area (Å²) >= 11 is 0. The first-order valence-electron chi connectivity index (χ1n) is 6.24. The van der Waals surface area contributed by atoms with Gasteiger partial charge in [0.1, 0.15) is 5.82 Å². The van der Waals surface area contributed by atoms with E-state index in [4.69, 9.17) is 4.74 Å². The van der Waals surface area contributed by atoms with Gasteiger partial charge < -0.3 is 9.64 Å². The van der Waals surface area contributed by atoms with Crippen molar-refractivity contribution in [1.82, 2.24) is 4.90 Å². The van der Waals surface area contributed by atoms with E-state index >= 15 is 0 Å². The minimum atomic E-state index is -0.293. The van der Waals surface area contributed by atoms with Crippen LogP contribution in [0, 0.1) is 5.82 Å². The van der Waals surface area contributed by atoms with Gasteiger partial charge in [0.15, 0.2) is 0 Å². The van der Waals surface area contributed by atoms with Crippen molar-refractivity contribution < 1.29 is 13.9 Å². The highest BCUT2D eigenvalue weighted by Crippen LogP contribution is 2.14. The molecule has 0 bridgehead atoms. The molecule has 2 rings (SSSR count). The molecule has 0 radical (unpaired) electrons. The van der Waals surface area contributed by atoms with Gasteiger partial charge in [-0.05, 0) is 30.5 Å². The number of nitrogens with zero attached hydrogens (tertiary/aromatic N) is 1. The summed E-state index contributed by atoms with van der Waals surface area (Å²) < 4.78 is 18.3. The lowest BCUT2D eigenvalue weighted by atomic mass is 10.1. The second-order valence-corrected chi connectivity index (χ2v) is 4.62. The van der Waals surface area contributed by atoms with Crippen LogP contribution in [0.2, 0.25) is 0 Å². The van der Waals surface area contributed by atoms with Gasteiger partial charge in [0.25, 0.3) is 0 Å². The third kappa shape index (κ3) is 3.29. The van der Waals surface area contributed by atoms with E-state index in [2.05, 4.69) is 0 Å². The molecule has 98 valence electrons. The molecule has 0 aromatic heterocycles. The van der Waals surface area contributed by atoms with Crippen molar-refractivity contribution in [3.05, 3.63) is 35.6 Å². The Labute approximate surface area is 107 Å². The number of piperidine rings is 1. The van der Waals surface area contributed by atoms with Crippen molar-refractivity contribution in [2.45, 2.75) is 25.4 Å². The maximum Gasteiger partial charge on any atom is 0.226 e. The summed E-state index contributed by atoms with van der Waals surface area (Å²) in [5, 5.41) is 0. The molecule has 0 saturated carbocycles. The van der Waals surface area contributed by atoms with Gasteiger partial charge in [-0.15, -0.1) is 0 Å². The summed E-state index contributed by atoms with van der Waals surface area (Å²) in [7, 11) is 1.70. The average molecular weight is 251 g/mol. The predicted octanol–water partition coefficient (Wildman–Crippen LogP) is 2.01. The Morgan fingerprint density at radius 3 is 2.78 bits per heavy atom. The molecule has 1 saturated heterocycles. The summed E-state index contributed by atoms with van der Waals surface area (Å²) in [4.78, 5) is 13.9. The molecule has 1 aliphatic rings. The van der Waals surface area contributed by atoms with Gasteiger partial charge in [-0.2, -0.15) is 0 Å². The van der Waals surface area contributed by atoms with E-state index in [1.807, 2.05) is 4.90 Å². The summed E-state index contributed by atoms with van der Waals surface area (Å²) in [5.41, 5.74) is 0.730. The maximum absolute atomic E-state index is 13.0. The minimum absolute atomic E-state index is 0.0650. The molecule has 1 heterocycles. The predicted molar refractivity (Wildman–Crippen MR) is 66.7 cm³/mol. The summed E-state index contributed by atoms with van der Waals surface area (Å²) in [6.07, 6.45) is 2.30. The largest absolute Gasteiger partial charge is 0.381 e. The normalized spacial score (nSPS) is 16.9. The zero-order valence-corrected chi connectivity index (χ0v) is 10.6. The summed E-state index contributed by atoms with van der Waals surface area (Å²) in [5.74, 6) is -0.228. The summed E-state index contributed by atoms with van der Waals surface area (Å²) in [6.45, 7) is 1.46. The van der Waals surface area contributed by atoms with E-state index in [1.54, 1.807) is 19.2 Å². The van der Waals surface area contributed by atoms with Crippen LogP contribution in [0.15, 0.2) is 24.3 Å². The molecule has 0 unspecified atom stereocenters. The zero-order chi connectivity index (χ0) is 13.0. The Balaban J connectivity index is 1.89. The van der Waals surface area contributed by atoms with Gasteiger partial charge in [0.2, 0.25) is 5.91 Å². The van der Waals surface area contributed by atoms with Crippen LogP contribution in [0.3, 0.4) is 0 Å². The fraction of sp³-hybridized carbons (Fsp3) is 0.500. The molecule has 1 amide bonds.